The van der Waals surface area contributed by atoms with Gasteiger partial charge >= 0.3 is 18.1 Å². The van der Waals surface area contributed by atoms with Crippen LogP contribution in [-0.4, -0.2) is 42.4 Å². The number of ether oxygens (including phenoxy) is 1. The molecule has 1 saturated carbocycles. The van der Waals surface area contributed by atoms with E-state index in [1.807, 2.05) is 0 Å². The van der Waals surface area contributed by atoms with Crippen molar-refractivity contribution in [2.24, 2.45) is 11.7 Å². The molecule has 19 heavy (non-hydrogen) atoms. The Bertz CT molecular complexity index is 347. The molecule has 2 unspecified atom stereocenters. The zero-order valence-electron chi connectivity index (χ0n) is 10.6. The van der Waals surface area contributed by atoms with Crippen LogP contribution in [0.4, 0.5) is 9.59 Å². The van der Waals surface area contributed by atoms with E-state index in [9.17, 15) is 14.4 Å². The average molecular weight is 273 g/mol. The zero-order chi connectivity index (χ0) is 14.3. The van der Waals surface area contributed by atoms with Crippen LogP contribution in [0.2, 0.25) is 0 Å². The van der Waals surface area contributed by atoms with Crippen molar-refractivity contribution in [3.05, 3.63) is 0 Å². The SMILES string of the molecule is NC(=O)OCCNC(=O)NC1CCCCC1C(=O)O. The molecule has 0 saturated heterocycles. The topological polar surface area (TPSA) is 131 Å². The molecule has 1 aliphatic rings. The van der Waals surface area contributed by atoms with Crippen LogP contribution in [0.15, 0.2) is 0 Å². The van der Waals surface area contributed by atoms with Crippen molar-refractivity contribution in [3.63, 3.8) is 0 Å². The van der Waals surface area contributed by atoms with Crippen LogP contribution in [0.3, 0.4) is 0 Å². The number of nitrogens with two attached hydrogens (primary N) is 1. The summed E-state index contributed by atoms with van der Waals surface area (Å²) in [5.41, 5.74) is 4.76. The predicted octanol–water partition coefficient (Wildman–Crippen LogP) is 0.0243. The van der Waals surface area contributed by atoms with Crippen LogP contribution in [0.5, 0.6) is 0 Å². The monoisotopic (exact) mass is 273 g/mol. The van der Waals surface area contributed by atoms with Gasteiger partial charge in [0, 0.05) is 6.04 Å². The van der Waals surface area contributed by atoms with Crippen LogP contribution in [0, 0.1) is 5.92 Å². The highest BCUT2D eigenvalue weighted by Gasteiger charge is 2.31. The lowest BCUT2D eigenvalue weighted by molar-refractivity contribution is -0.143. The van der Waals surface area contributed by atoms with Crippen molar-refractivity contribution in [2.75, 3.05) is 13.2 Å². The Morgan fingerprint density at radius 2 is 1.95 bits per heavy atom. The van der Waals surface area contributed by atoms with Crippen molar-refractivity contribution in [3.8, 4) is 0 Å². The van der Waals surface area contributed by atoms with E-state index < -0.39 is 24.0 Å². The van der Waals surface area contributed by atoms with Crippen LogP contribution in [0.1, 0.15) is 25.7 Å². The van der Waals surface area contributed by atoms with Gasteiger partial charge in [0.2, 0.25) is 0 Å². The van der Waals surface area contributed by atoms with Crippen molar-refractivity contribution < 1.29 is 24.2 Å². The highest BCUT2D eigenvalue weighted by atomic mass is 16.5. The second-order valence-corrected chi connectivity index (χ2v) is 4.40. The van der Waals surface area contributed by atoms with Crippen molar-refractivity contribution in [1.82, 2.24) is 10.6 Å². The molecule has 0 aromatic heterocycles. The molecule has 0 heterocycles. The van der Waals surface area contributed by atoms with Crippen LogP contribution >= 0.6 is 0 Å². The van der Waals surface area contributed by atoms with Gasteiger partial charge in [-0.15, -0.1) is 0 Å². The summed E-state index contributed by atoms with van der Waals surface area (Å²) in [6, 6.07) is -0.825. The number of carbonyl (C=O) groups excluding carboxylic acids is 2. The quantitative estimate of drug-likeness (QED) is 0.525. The van der Waals surface area contributed by atoms with E-state index in [1.165, 1.54) is 0 Å². The number of carboxylic acids is 1. The Hall–Kier alpha value is -1.99. The fraction of sp³-hybridized carbons (Fsp3) is 0.727. The summed E-state index contributed by atoms with van der Waals surface area (Å²) in [7, 11) is 0. The normalized spacial score (nSPS) is 22.3. The molecule has 8 heteroatoms. The molecule has 8 nitrogen and oxygen atoms in total. The van der Waals surface area contributed by atoms with Crippen molar-refractivity contribution >= 4 is 18.1 Å². The Morgan fingerprint density at radius 3 is 2.58 bits per heavy atom. The molecular weight excluding hydrogens is 254 g/mol. The summed E-state index contributed by atoms with van der Waals surface area (Å²) in [6.07, 6.45) is 2.09. The molecular formula is C11H19N3O5. The van der Waals surface area contributed by atoms with E-state index in [4.69, 9.17) is 10.8 Å². The molecule has 0 aromatic rings. The van der Waals surface area contributed by atoms with E-state index in [1.54, 1.807) is 0 Å². The summed E-state index contributed by atoms with van der Waals surface area (Å²) in [5.74, 6) is -1.43. The highest BCUT2D eigenvalue weighted by molar-refractivity contribution is 5.76. The van der Waals surface area contributed by atoms with Gasteiger partial charge in [-0.1, -0.05) is 12.8 Å². The molecule has 0 aromatic carbocycles. The summed E-state index contributed by atoms with van der Waals surface area (Å²) >= 11 is 0. The van der Waals surface area contributed by atoms with Crippen LogP contribution < -0.4 is 16.4 Å². The number of hydrogen-bond acceptors (Lipinski definition) is 4. The molecule has 2 atom stereocenters. The summed E-state index contributed by atoms with van der Waals surface area (Å²) in [4.78, 5) is 32.9. The van der Waals surface area contributed by atoms with Gasteiger partial charge in [0.25, 0.3) is 0 Å². The zero-order valence-corrected chi connectivity index (χ0v) is 10.6. The number of carboxylic acid groups (broad SMARTS) is 1. The number of rotatable bonds is 5. The van der Waals surface area contributed by atoms with Gasteiger partial charge in [0.1, 0.15) is 6.61 Å². The van der Waals surface area contributed by atoms with Crippen molar-refractivity contribution in [2.45, 2.75) is 31.7 Å². The Labute approximate surface area is 110 Å². The number of aliphatic carboxylic acids is 1. The van der Waals surface area contributed by atoms with Gasteiger partial charge < -0.3 is 26.2 Å². The van der Waals surface area contributed by atoms with Gasteiger partial charge in [-0.05, 0) is 12.8 Å². The second kappa shape index (κ2) is 7.45. The first-order chi connectivity index (χ1) is 9.00. The molecule has 1 rings (SSSR count). The average Bonchev–Trinajstić information content (AvgIpc) is 2.35. The first kappa shape index (κ1) is 15.1. The highest BCUT2D eigenvalue weighted by Crippen LogP contribution is 2.24. The number of urea groups is 1. The first-order valence-electron chi connectivity index (χ1n) is 6.20. The fourth-order valence-corrected chi connectivity index (χ4v) is 2.13. The summed E-state index contributed by atoms with van der Waals surface area (Å²) in [5, 5.41) is 14.2. The fourth-order valence-electron chi connectivity index (χ4n) is 2.13. The van der Waals surface area contributed by atoms with Gasteiger partial charge in [-0.3, -0.25) is 4.79 Å². The Morgan fingerprint density at radius 1 is 1.26 bits per heavy atom. The maximum Gasteiger partial charge on any atom is 0.404 e. The predicted molar refractivity (Wildman–Crippen MR) is 65.5 cm³/mol. The molecule has 1 aliphatic carbocycles. The van der Waals surface area contributed by atoms with Gasteiger partial charge in [0.15, 0.2) is 0 Å². The molecule has 1 fully saturated rings. The lowest BCUT2D eigenvalue weighted by Crippen LogP contribution is -2.49. The van der Waals surface area contributed by atoms with Crippen LogP contribution in [-0.2, 0) is 9.53 Å². The van der Waals surface area contributed by atoms with Gasteiger partial charge in [0.05, 0.1) is 12.5 Å². The number of primary amides is 1. The van der Waals surface area contributed by atoms with Crippen LogP contribution in [0.25, 0.3) is 0 Å². The number of hydrogen-bond donors (Lipinski definition) is 4. The van der Waals surface area contributed by atoms with E-state index in [2.05, 4.69) is 15.4 Å². The van der Waals surface area contributed by atoms with Crippen molar-refractivity contribution in [1.29, 1.82) is 0 Å². The molecule has 0 spiro atoms. The molecule has 3 amide bonds. The number of carbonyl (C=O) groups is 3. The largest absolute Gasteiger partial charge is 0.481 e. The molecule has 0 bridgehead atoms. The summed E-state index contributed by atoms with van der Waals surface area (Å²) < 4.78 is 4.44. The Kier molecular flexibility index (Phi) is 5.91. The lowest BCUT2D eigenvalue weighted by Gasteiger charge is -2.29. The minimum absolute atomic E-state index is 0.0181. The third-order valence-corrected chi connectivity index (χ3v) is 3.03. The molecule has 108 valence electrons. The third-order valence-electron chi connectivity index (χ3n) is 3.03. The standard InChI is InChI=1S/C11H19N3O5/c12-10(17)19-6-5-13-11(18)14-8-4-2-1-3-7(8)9(15)16/h7-8H,1-6H2,(H2,12,17)(H,15,16)(H2,13,14,18). The maximum absolute atomic E-state index is 11.5. The number of amides is 3. The first-order valence-corrected chi connectivity index (χ1v) is 6.20. The third kappa shape index (κ3) is 5.45. The molecule has 0 radical (unpaired) electrons. The van der Waals surface area contributed by atoms with E-state index in [0.29, 0.717) is 12.8 Å². The number of nitrogens with one attached hydrogen (secondary N) is 2. The van der Waals surface area contributed by atoms with Gasteiger partial charge in [-0.25, -0.2) is 9.59 Å². The molecule has 5 N–H and O–H groups in total. The lowest BCUT2D eigenvalue weighted by atomic mass is 9.84. The summed E-state index contributed by atoms with van der Waals surface area (Å²) in [6.45, 7) is 0.106. The van der Waals surface area contributed by atoms with E-state index >= 15 is 0 Å². The van der Waals surface area contributed by atoms with E-state index in [-0.39, 0.29) is 19.2 Å². The Balaban J connectivity index is 2.29. The smallest absolute Gasteiger partial charge is 0.404 e. The maximum atomic E-state index is 11.5. The van der Waals surface area contributed by atoms with Gasteiger partial charge in [-0.2, -0.15) is 0 Å². The second-order valence-electron chi connectivity index (χ2n) is 4.40. The minimum Gasteiger partial charge on any atom is -0.481 e. The van der Waals surface area contributed by atoms with E-state index in [0.717, 1.165) is 12.8 Å². The minimum atomic E-state index is -0.902. The molecule has 0 aliphatic heterocycles.